The van der Waals surface area contributed by atoms with Gasteiger partial charge in [-0.2, -0.15) is 0 Å². The monoisotopic (exact) mass is 440 g/mol. The standard InChI is InChI=1S/C16H35O8PS.Na/c1-3-5-9-13-21-25(17,22-14-10-6-4-2)23-15-11-7-8-12-16-24-26(18,19)20;/h3-16H2,1-2H3,(H,18,19,20);/q;+1/p-1. The quantitative estimate of drug-likeness (QED) is 0.0978. The molecule has 11 heteroatoms. The summed E-state index contributed by atoms with van der Waals surface area (Å²) in [5, 5.41) is 0. The number of unbranched alkanes of at least 4 members (excludes halogenated alkanes) is 7. The maximum atomic E-state index is 12.6. The minimum atomic E-state index is -4.61. The Bertz CT molecular complexity index is 459. The summed E-state index contributed by atoms with van der Waals surface area (Å²) in [5.41, 5.74) is 0. The average Bonchev–Trinajstić information content (AvgIpc) is 2.57. The van der Waals surface area contributed by atoms with Crippen molar-refractivity contribution in [3.8, 4) is 0 Å². The van der Waals surface area contributed by atoms with Gasteiger partial charge in [0.1, 0.15) is 0 Å². The molecule has 0 radical (unpaired) electrons. The fraction of sp³-hybridized carbons (Fsp3) is 1.00. The molecule has 0 atom stereocenters. The van der Waals surface area contributed by atoms with Gasteiger partial charge in [-0.3, -0.25) is 17.8 Å². The van der Waals surface area contributed by atoms with Crippen LogP contribution in [0.15, 0.2) is 0 Å². The van der Waals surface area contributed by atoms with Gasteiger partial charge >= 0.3 is 37.4 Å². The Morgan fingerprint density at radius 1 is 0.704 bits per heavy atom. The molecule has 0 amide bonds. The minimum absolute atomic E-state index is 0. The SMILES string of the molecule is CCCCCOP(=O)(OCCCCC)OCCCCCCOS(=O)(=O)[O-].[Na+]. The Labute approximate surface area is 186 Å². The predicted molar refractivity (Wildman–Crippen MR) is 98.6 cm³/mol. The summed E-state index contributed by atoms with van der Waals surface area (Å²) in [4.78, 5) is 0. The van der Waals surface area contributed by atoms with Crippen LogP contribution in [0.25, 0.3) is 0 Å². The van der Waals surface area contributed by atoms with Crippen LogP contribution in [0.5, 0.6) is 0 Å². The maximum absolute atomic E-state index is 12.6. The van der Waals surface area contributed by atoms with Crippen LogP contribution in [-0.2, 0) is 32.7 Å². The van der Waals surface area contributed by atoms with E-state index in [9.17, 15) is 17.5 Å². The van der Waals surface area contributed by atoms with Crippen LogP contribution in [0, 0.1) is 0 Å². The summed E-state index contributed by atoms with van der Waals surface area (Å²) in [6, 6.07) is 0. The van der Waals surface area contributed by atoms with Gasteiger partial charge < -0.3 is 4.55 Å². The first-order chi connectivity index (χ1) is 12.3. The zero-order valence-corrected chi connectivity index (χ0v) is 20.7. The molecule has 0 fully saturated rings. The van der Waals surface area contributed by atoms with Crippen LogP contribution in [0.3, 0.4) is 0 Å². The van der Waals surface area contributed by atoms with Crippen LogP contribution < -0.4 is 29.6 Å². The third-order valence-electron chi connectivity index (χ3n) is 3.51. The minimum Gasteiger partial charge on any atom is -0.726 e. The van der Waals surface area contributed by atoms with Crippen molar-refractivity contribution in [2.75, 3.05) is 26.4 Å². The Hall–Kier alpha value is 0.980. The maximum Gasteiger partial charge on any atom is 1.00 e. The second kappa shape index (κ2) is 19.0. The first kappa shape index (κ1) is 30.2. The van der Waals surface area contributed by atoms with Gasteiger partial charge in [0, 0.05) is 0 Å². The fourth-order valence-electron chi connectivity index (χ4n) is 2.06. The molecule has 8 nitrogen and oxygen atoms in total. The third-order valence-corrected chi connectivity index (χ3v) is 5.46. The molecule has 0 N–H and O–H groups in total. The average molecular weight is 440 g/mol. The van der Waals surface area contributed by atoms with Crippen LogP contribution in [-0.4, -0.2) is 39.4 Å². The van der Waals surface area contributed by atoms with Crippen molar-refractivity contribution in [1.82, 2.24) is 0 Å². The second-order valence-corrected chi connectivity index (χ2v) is 8.73. The smallest absolute Gasteiger partial charge is 0.726 e. The van der Waals surface area contributed by atoms with Crippen LogP contribution in [0.1, 0.15) is 78.1 Å². The van der Waals surface area contributed by atoms with Crippen LogP contribution in [0.4, 0.5) is 0 Å². The normalized spacial score (nSPS) is 12.1. The summed E-state index contributed by atoms with van der Waals surface area (Å²) >= 11 is 0. The van der Waals surface area contributed by atoms with E-state index in [4.69, 9.17) is 13.6 Å². The first-order valence-electron chi connectivity index (χ1n) is 9.47. The van der Waals surface area contributed by atoms with Crippen molar-refractivity contribution in [3.63, 3.8) is 0 Å². The summed E-state index contributed by atoms with van der Waals surface area (Å²) in [6.45, 7) is 4.97. The van der Waals surface area contributed by atoms with Crippen LogP contribution >= 0.6 is 7.82 Å². The molecule has 158 valence electrons. The molecule has 0 bridgehead atoms. The molecular weight excluding hydrogens is 406 g/mol. The van der Waals surface area contributed by atoms with E-state index in [1.807, 2.05) is 0 Å². The van der Waals surface area contributed by atoms with Gasteiger partial charge in [0.15, 0.2) is 0 Å². The molecule has 0 unspecified atom stereocenters. The molecule has 0 aromatic rings. The van der Waals surface area contributed by atoms with Crippen molar-refractivity contribution in [3.05, 3.63) is 0 Å². The van der Waals surface area contributed by atoms with Gasteiger partial charge in [-0.1, -0.05) is 52.4 Å². The Morgan fingerprint density at radius 3 is 1.44 bits per heavy atom. The van der Waals surface area contributed by atoms with E-state index in [1.54, 1.807) is 0 Å². The number of hydrogen-bond donors (Lipinski definition) is 0. The predicted octanol–water partition coefficient (Wildman–Crippen LogP) is 1.57. The number of rotatable bonds is 19. The van der Waals surface area contributed by atoms with Crippen molar-refractivity contribution in [2.24, 2.45) is 0 Å². The van der Waals surface area contributed by atoms with E-state index < -0.39 is 18.2 Å². The first-order valence-corrected chi connectivity index (χ1v) is 12.3. The van der Waals surface area contributed by atoms with Gasteiger partial charge in [-0.15, -0.1) is 0 Å². The molecule has 0 aromatic carbocycles. The summed E-state index contributed by atoms with van der Waals surface area (Å²) in [7, 11) is -8.14. The van der Waals surface area contributed by atoms with Gasteiger partial charge in [-0.25, -0.2) is 13.0 Å². The number of hydrogen-bond acceptors (Lipinski definition) is 8. The van der Waals surface area contributed by atoms with Gasteiger partial charge in [0.25, 0.3) is 0 Å². The fourth-order valence-corrected chi connectivity index (χ4v) is 3.67. The molecular formula is C16H34NaO8PS. The van der Waals surface area contributed by atoms with Crippen molar-refractivity contribution in [1.29, 1.82) is 0 Å². The van der Waals surface area contributed by atoms with Crippen molar-refractivity contribution in [2.45, 2.75) is 78.1 Å². The van der Waals surface area contributed by atoms with Gasteiger partial charge in [-0.05, 0) is 25.7 Å². The van der Waals surface area contributed by atoms with E-state index in [0.29, 0.717) is 32.5 Å². The molecule has 0 saturated carbocycles. The Kier molecular flexibility index (Phi) is 21.2. The molecule has 0 heterocycles. The molecule has 27 heavy (non-hydrogen) atoms. The molecule has 0 aromatic heterocycles. The molecule has 0 saturated heterocycles. The van der Waals surface area contributed by atoms with Crippen molar-refractivity contribution >= 4 is 18.2 Å². The van der Waals surface area contributed by atoms with Crippen molar-refractivity contribution < 1.29 is 64.8 Å². The topological polar surface area (TPSA) is 111 Å². The summed E-state index contributed by atoms with van der Waals surface area (Å²) in [6.07, 6.45) is 8.20. The van der Waals surface area contributed by atoms with Gasteiger partial charge in [0.2, 0.25) is 10.4 Å². The van der Waals surface area contributed by atoms with Gasteiger partial charge in [0.05, 0.1) is 26.4 Å². The van der Waals surface area contributed by atoms with E-state index in [2.05, 4.69) is 18.0 Å². The zero-order valence-electron chi connectivity index (χ0n) is 17.0. The molecule has 0 rings (SSSR count). The molecule has 0 aliphatic rings. The summed E-state index contributed by atoms with van der Waals surface area (Å²) in [5.74, 6) is 0. The van der Waals surface area contributed by atoms with E-state index in [1.165, 1.54) is 0 Å². The van der Waals surface area contributed by atoms with E-state index in [0.717, 1.165) is 44.9 Å². The number of phosphoric acid groups is 1. The number of phosphoric ester groups is 1. The third kappa shape index (κ3) is 21.5. The molecule has 0 aliphatic carbocycles. The Balaban J connectivity index is 0. The van der Waals surface area contributed by atoms with E-state index >= 15 is 0 Å². The summed E-state index contributed by atoms with van der Waals surface area (Å²) < 4.78 is 63.7. The Morgan fingerprint density at radius 2 is 1.07 bits per heavy atom. The molecule has 0 spiro atoms. The second-order valence-electron chi connectivity index (χ2n) is 6.01. The van der Waals surface area contributed by atoms with E-state index in [-0.39, 0.29) is 42.8 Å². The molecule has 0 aliphatic heterocycles. The zero-order chi connectivity index (χ0) is 19.7. The van der Waals surface area contributed by atoms with Crippen LogP contribution in [0.2, 0.25) is 0 Å². The largest absolute Gasteiger partial charge is 1.00 e.